The zero-order valence-corrected chi connectivity index (χ0v) is 17.8. The number of halogens is 1. The summed E-state index contributed by atoms with van der Waals surface area (Å²) in [5, 5.41) is 0. The molecule has 1 aliphatic carbocycles. The van der Waals surface area contributed by atoms with E-state index >= 15 is 0 Å². The Labute approximate surface area is 181 Å². The van der Waals surface area contributed by atoms with Crippen molar-refractivity contribution >= 4 is 5.91 Å². The minimum absolute atomic E-state index is 0.0743. The van der Waals surface area contributed by atoms with Crippen molar-refractivity contribution in [2.45, 2.75) is 70.0 Å². The fraction of sp³-hybridized carbons (Fsp3) is 0.542. The molecule has 0 bridgehead atoms. The molecular weight excluding hydrogens is 395 g/mol. The predicted octanol–water partition coefficient (Wildman–Crippen LogP) is 3.58. The molecule has 1 aromatic heterocycles. The van der Waals surface area contributed by atoms with E-state index in [4.69, 9.17) is 4.98 Å². The van der Waals surface area contributed by atoms with Crippen LogP contribution in [0.3, 0.4) is 0 Å². The first-order valence-corrected chi connectivity index (χ1v) is 11.5. The number of fused-ring (bicyclic) bond motifs is 1. The van der Waals surface area contributed by atoms with Gasteiger partial charge in [-0.15, -0.1) is 0 Å². The molecule has 2 aromatic rings. The molecule has 6 nitrogen and oxygen atoms in total. The average Bonchev–Trinajstić information content (AvgIpc) is 3.33. The monoisotopic (exact) mass is 424 g/mol. The van der Waals surface area contributed by atoms with Crippen molar-refractivity contribution < 1.29 is 9.18 Å². The number of hydrogen-bond acceptors (Lipinski definition) is 4. The second kappa shape index (κ2) is 8.54. The molecule has 7 heteroatoms. The standard InChI is InChI=1S/C24H29FN4O2/c25-17-7-5-6-16(14-17)24(31)29-12-4-3-10-21(29)22-26-20-15-28(18-8-1-2-9-18)13-11-19(20)23(30)27-22/h5-7,14,18,21H,1-4,8-13,15H2,(H,26,27,30). The van der Waals surface area contributed by atoms with Crippen molar-refractivity contribution in [3.05, 3.63) is 63.1 Å². The molecule has 1 saturated heterocycles. The number of carbonyl (C=O) groups is 1. The molecule has 5 rings (SSSR count). The molecule has 0 spiro atoms. The molecule has 1 unspecified atom stereocenters. The van der Waals surface area contributed by atoms with Crippen LogP contribution in [0.1, 0.15) is 78.4 Å². The molecule has 3 heterocycles. The van der Waals surface area contributed by atoms with Gasteiger partial charge in [-0.1, -0.05) is 18.9 Å². The summed E-state index contributed by atoms with van der Waals surface area (Å²) in [6.07, 6.45) is 8.34. The highest BCUT2D eigenvalue weighted by atomic mass is 19.1. The number of likely N-dealkylation sites (tertiary alicyclic amines) is 1. The Bertz CT molecular complexity index is 1030. The molecule has 2 fully saturated rings. The van der Waals surface area contributed by atoms with Crippen LogP contribution in [0.2, 0.25) is 0 Å². The summed E-state index contributed by atoms with van der Waals surface area (Å²) in [7, 11) is 0. The lowest BCUT2D eigenvalue weighted by atomic mass is 9.98. The summed E-state index contributed by atoms with van der Waals surface area (Å²) in [6.45, 7) is 2.20. The quantitative estimate of drug-likeness (QED) is 0.818. The molecule has 164 valence electrons. The van der Waals surface area contributed by atoms with E-state index in [0.717, 1.165) is 43.5 Å². The Hall–Kier alpha value is -2.54. The third kappa shape index (κ3) is 4.03. The van der Waals surface area contributed by atoms with Crippen LogP contribution in [0.5, 0.6) is 0 Å². The summed E-state index contributed by atoms with van der Waals surface area (Å²) in [5.74, 6) is -0.0645. The Morgan fingerprint density at radius 3 is 2.71 bits per heavy atom. The summed E-state index contributed by atoms with van der Waals surface area (Å²) in [4.78, 5) is 38.2. The Morgan fingerprint density at radius 2 is 1.90 bits per heavy atom. The number of piperidine rings is 1. The van der Waals surface area contributed by atoms with Crippen molar-refractivity contribution in [3.8, 4) is 0 Å². The van der Waals surface area contributed by atoms with Crippen LogP contribution >= 0.6 is 0 Å². The van der Waals surface area contributed by atoms with Crippen molar-refractivity contribution in [1.82, 2.24) is 19.8 Å². The molecule has 3 aliphatic rings. The van der Waals surface area contributed by atoms with Gasteiger partial charge in [0.25, 0.3) is 11.5 Å². The van der Waals surface area contributed by atoms with Crippen LogP contribution < -0.4 is 5.56 Å². The zero-order valence-electron chi connectivity index (χ0n) is 17.8. The number of H-pyrrole nitrogens is 1. The van der Waals surface area contributed by atoms with E-state index < -0.39 is 5.82 Å². The van der Waals surface area contributed by atoms with Crippen LogP contribution in [-0.2, 0) is 13.0 Å². The highest BCUT2D eigenvalue weighted by Crippen LogP contribution is 2.32. The molecule has 2 aliphatic heterocycles. The van der Waals surface area contributed by atoms with Crippen molar-refractivity contribution in [2.75, 3.05) is 13.1 Å². The number of amides is 1. The van der Waals surface area contributed by atoms with E-state index in [1.807, 2.05) is 0 Å². The maximum atomic E-state index is 13.7. The van der Waals surface area contributed by atoms with Gasteiger partial charge in [0.15, 0.2) is 0 Å². The third-order valence-electron chi connectivity index (χ3n) is 7.11. The second-order valence-corrected chi connectivity index (χ2v) is 9.06. The predicted molar refractivity (Wildman–Crippen MR) is 115 cm³/mol. The first-order chi connectivity index (χ1) is 15.1. The van der Waals surface area contributed by atoms with E-state index in [1.54, 1.807) is 17.0 Å². The second-order valence-electron chi connectivity index (χ2n) is 9.06. The van der Waals surface area contributed by atoms with Crippen LogP contribution in [0.25, 0.3) is 0 Å². The number of benzene rings is 1. The number of nitrogens with zero attached hydrogens (tertiary/aromatic N) is 3. The van der Waals surface area contributed by atoms with Crippen LogP contribution in [0.15, 0.2) is 29.1 Å². The lowest BCUT2D eigenvalue weighted by Gasteiger charge is -2.36. The number of nitrogens with one attached hydrogen (secondary N) is 1. The van der Waals surface area contributed by atoms with Crippen LogP contribution in [0.4, 0.5) is 4.39 Å². The van der Waals surface area contributed by atoms with Gasteiger partial charge in [-0.3, -0.25) is 14.5 Å². The van der Waals surface area contributed by atoms with Gasteiger partial charge >= 0.3 is 0 Å². The lowest BCUT2D eigenvalue weighted by molar-refractivity contribution is 0.0597. The molecule has 0 radical (unpaired) electrons. The summed E-state index contributed by atoms with van der Waals surface area (Å²) < 4.78 is 13.7. The molecule has 1 amide bonds. The van der Waals surface area contributed by atoms with Gasteiger partial charge in [0.05, 0.1) is 11.7 Å². The zero-order chi connectivity index (χ0) is 21.4. The largest absolute Gasteiger partial charge is 0.328 e. The van der Waals surface area contributed by atoms with Crippen LogP contribution in [0, 0.1) is 5.82 Å². The first-order valence-electron chi connectivity index (χ1n) is 11.5. The number of hydrogen-bond donors (Lipinski definition) is 1. The Balaban J connectivity index is 1.44. The Morgan fingerprint density at radius 1 is 1.10 bits per heavy atom. The van der Waals surface area contributed by atoms with Gasteiger partial charge in [0.1, 0.15) is 11.6 Å². The number of carbonyl (C=O) groups excluding carboxylic acids is 1. The summed E-state index contributed by atoms with van der Waals surface area (Å²) >= 11 is 0. The first kappa shape index (κ1) is 20.4. The van der Waals surface area contributed by atoms with E-state index in [-0.39, 0.29) is 17.5 Å². The smallest absolute Gasteiger partial charge is 0.254 e. The number of rotatable bonds is 3. The highest BCUT2D eigenvalue weighted by Gasteiger charge is 2.33. The molecule has 31 heavy (non-hydrogen) atoms. The fourth-order valence-electron chi connectivity index (χ4n) is 5.46. The van der Waals surface area contributed by atoms with Gasteiger partial charge in [-0.05, 0) is 56.7 Å². The van der Waals surface area contributed by atoms with Crippen molar-refractivity contribution in [2.24, 2.45) is 0 Å². The normalized spacial score (nSPS) is 22.5. The third-order valence-corrected chi connectivity index (χ3v) is 7.11. The van der Waals surface area contributed by atoms with Gasteiger partial charge in [0, 0.05) is 36.8 Å². The number of aromatic amines is 1. The van der Waals surface area contributed by atoms with Crippen molar-refractivity contribution in [3.63, 3.8) is 0 Å². The summed E-state index contributed by atoms with van der Waals surface area (Å²) in [5.41, 5.74) is 1.91. The molecular formula is C24H29FN4O2. The minimum Gasteiger partial charge on any atom is -0.328 e. The Kier molecular flexibility index (Phi) is 5.61. The van der Waals surface area contributed by atoms with Crippen LogP contribution in [-0.4, -0.2) is 44.8 Å². The van der Waals surface area contributed by atoms with Gasteiger partial charge < -0.3 is 9.88 Å². The maximum absolute atomic E-state index is 13.7. The average molecular weight is 425 g/mol. The minimum atomic E-state index is -0.424. The fourth-order valence-corrected chi connectivity index (χ4v) is 5.46. The lowest BCUT2D eigenvalue weighted by Crippen LogP contribution is -2.43. The molecule has 1 saturated carbocycles. The highest BCUT2D eigenvalue weighted by molar-refractivity contribution is 5.94. The number of aromatic nitrogens is 2. The van der Waals surface area contributed by atoms with Gasteiger partial charge in [0.2, 0.25) is 0 Å². The molecule has 1 N–H and O–H groups in total. The molecule has 1 aromatic carbocycles. The van der Waals surface area contributed by atoms with Crippen molar-refractivity contribution in [1.29, 1.82) is 0 Å². The van der Waals surface area contributed by atoms with E-state index in [2.05, 4.69) is 9.88 Å². The summed E-state index contributed by atoms with van der Waals surface area (Å²) in [6, 6.07) is 6.11. The van der Waals surface area contributed by atoms with Gasteiger partial charge in [-0.2, -0.15) is 0 Å². The van der Waals surface area contributed by atoms with E-state index in [9.17, 15) is 14.0 Å². The maximum Gasteiger partial charge on any atom is 0.254 e. The SMILES string of the molecule is O=C(c1cccc(F)c1)N1CCCCC1c1nc2c(c(=O)[nH]1)CCN(C1CCCC1)C2. The van der Waals surface area contributed by atoms with E-state index in [0.29, 0.717) is 30.5 Å². The molecule has 1 atom stereocenters. The van der Waals surface area contributed by atoms with Gasteiger partial charge in [-0.25, -0.2) is 9.37 Å². The topological polar surface area (TPSA) is 69.3 Å². The van der Waals surface area contributed by atoms with E-state index in [1.165, 1.54) is 37.8 Å².